The van der Waals surface area contributed by atoms with Crippen molar-refractivity contribution in [1.82, 2.24) is 0 Å². The molecular formula is C18H17NO. The summed E-state index contributed by atoms with van der Waals surface area (Å²) in [6.07, 6.45) is 0. The van der Waals surface area contributed by atoms with E-state index in [0.717, 1.165) is 18.0 Å². The fraction of sp³-hybridized carbons (Fsp3) is 0.111. The molecule has 0 radical (unpaired) electrons. The average Bonchev–Trinajstić information content (AvgIpc) is 2.53. The summed E-state index contributed by atoms with van der Waals surface area (Å²) in [6, 6.07) is 22.9. The van der Waals surface area contributed by atoms with Gasteiger partial charge in [0.25, 0.3) is 0 Å². The first kappa shape index (κ1) is 12.5. The molecule has 1 N–H and O–H groups in total. The molecule has 0 aliphatic heterocycles. The summed E-state index contributed by atoms with van der Waals surface area (Å²) in [4.78, 5) is 0. The largest absolute Gasteiger partial charge is 0.497 e. The van der Waals surface area contributed by atoms with Gasteiger partial charge < -0.3 is 10.1 Å². The highest BCUT2D eigenvalue weighted by Crippen LogP contribution is 2.21. The smallest absolute Gasteiger partial charge is 0.120 e. The molecular weight excluding hydrogens is 246 g/mol. The van der Waals surface area contributed by atoms with Crippen LogP contribution in [0, 0.1) is 0 Å². The van der Waals surface area contributed by atoms with Crippen molar-refractivity contribution in [2.75, 3.05) is 12.4 Å². The molecule has 0 aliphatic carbocycles. The third-order valence-electron chi connectivity index (χ3n) is 3.43. The zero-order valence-electron chi connectivity index (χ0n) is 11.5. The van der Waals surface area contributed by atoms with E-state index in [1.165, 1.54) is 16.3 Å². The number of ether oxygens (including phenoxy) is 1. The Morgan fingerprint density at radius 3 is 2.60 bits per heavy atom. The number of hydrogen-bond donors (Lipinski definition) is 1. The number of anilines is 1. The van der Waals surface area contributed by atoms with Gasteiger partial charge in [-0.05, 0) is 28.5 Å². The molecule has 2 heteroatoms. The zero-order chi connectivity index (χ0) is 13.8. The van der Waals surface area contributed by atoms with E-state index in [9.17, 15) is 0 Å². The number of benzene rings is 3. The molecule has 0 amide bonds. The molecule has 0 spiro atoms. The molecule has 20 heavy (non-hydrogen) atoms. The highest BCUT2D eigenvalue weighted by Gasteiger charge is 2.00. The van der Waals surface area contributed by atoms with Gasteiger partial charge in [-0.15, -0.1) is 0 Å². The minimum absolute atomic E-state index is 0.800. The molecule has 3 rings (SSSR count). The Balaban J connectivity index is 1.83. The Kier molecular flexibility index (Phi) is 3.55. The summed E-state index contributed by atoms with van der Waals surface area (Å²) in [6.45, 7) is 0.800. The summed E-state index contributed by atoms with van der Waals surface area (Å²) in [5, 5.41) is 6.02. The van der Waals surface area contributed by atoms with Gasteiger partial charge in [0.2, 0.25) is 0 Å². The van der Waals surface area contributed by atoms with Crippen molar-refractivity contribution in [3.05, 3.63) is 72.3 Å². The molecule has 0 fully saturated rings. The van der Waals surface area contributed by atoms with Gasteiger partial charge in [-0.25, -0.2) is 0 Å². The van der Waals surface area contributed by atoms with Crippen molar-refractivity contribution in [1.29, 1.82) is 0 Å². The van der Waals surface area contributed by atoms with E-state index in [0.29, 0.717) is 0 Å². The zero-order valence-corrected chi connectivity index (χ0v) is 11.5. The SMILES string of the molecule is COc1cccc(NCc2cccc3ccccc23)c1. The normalized spacial score (nSPS) is 10.4. The van der Waals surface area contributed by atoms with Crippen LogP contribution in [0.4, 0.5) is 5.69 Å². The molecule has 0 saturated carbocycles. The summed E-state index contributed by atoms with van der Waals surface area (Å²) >= 11 is 0. The Morgan fingerprint density at radius 2 is 1.70 bits per heavy atom. The van der Waals surface area contributed by atoms with E-state index in [1.54, 1.807) is 7.11 Å². The monoisotopic (exact) mass is 263 g/mol. The van der Waals surface area contributed by atoms with Crippen molar-refractivity contribution >= 4 is 16.5 Å². The highest BCUT2D eigenvalue weighted by molar-refractivity contribution is 5.85. The van der Waals surface area contributed by atoms with Crippen LogP contribution in [0.25, 0.3) is 10.8 Å². The first-order valence-electron chi connectivity index (χ1n) is 6.71. The van der Waals surface area contributed by atoms with Crippen LogP contribution in [0.15, 0.2) is 66.7 Å². The summed E-state index contributed by atoms with van der Waals surface area (Å²) < 4.78 is 5.24. The Bertz CT molecular complexity index is 716. The second-order valence-corrected chi connectivity index (χ2v) is 4.72. The molecule has 0 atom stereocenters. The average molecular weight is 263 g/mol. The number of methoxy groups -OCH3 is 1. The van der Waals surface area contributed by atoms with Crippen LogP contribution in [-0.4, -0.2) is 7.11 Å². The number of nitrogens with one attached hydrogen (secondary N) is 1. The van der Waals surface area contributed by atoms with E-state index >= 15 is 0 Å². The molecule has 0 aliphatic rings. The minimum atomic E-state index is 0.800. The lowest BCUT2D eigenvalue weighted by Gasteiger charge is -2.10. The summed E-state index contributed by atoms with van der Waals surface area (Å²) in [7, 11) is 1.68. The molecule has 0 aromatic heterocycles. The standard InChI is InChI=1S/C18H17NO/c1-20-17-10-5-9-16(12-17)19-13-15-8-4-7-14-6-2-3-11-18(14)15/h2-12,19H,13H2,1H3. The molecule has 0 bridgehead atoms. The third-order valence-corrected chi connectivity index (χ3v) is 3.43. The van der Waals surface area contributed by atoms with Crippen LogP contribution < -0.4 is 10.1 Å². The van der Waals surface area contributed by atoms with Crippen LogP contribution in [0.1, 0.15) is 5.56 Å². The quantitative estimate of drug-likeness (QED) is 0.750. The summed E-state index contributed by atoms with van der Waals surface area (Å²) in [5.41, 5.74) is 2.36. The van der Waals surface area contributed by atoms with Gasteiger partial charge in [0.15, 0.2) is 0 Å². The van der Waals surface area contributed by atoms with E-state index in [2.05, 4.69) is 47.8 Å². The predicted octanol–water partition coefficient (Wildman–Crippen LogP) is 4.46. The molecule has 0 heterocycles. The van der Waals surface area contributed by atoms with Crippen LogP contribution in [-0.2, 0) is 6.54 Å². The lowest BCUT2D eigenvalue weighted by atomic mass is 10.0. The maximum atomic E-state index is 5.24. The van der Waals surface area contributed by atoms with Gasteiger partial charge >= 0.3 is 0 Å². The van der Waals surface area contributed by atoms with Crippen molar-refractivity contribution in [3.8, 4) is 5.75 Å². The fourth-order valence-corrected chi connectivity index (χ4v) is 2.38. The maximum absolute atomic E-state index is 5.24. The highest BCUT2D eigenvalue weighted by atomic mass is 16.5. The molecule has 100 valence electrons. The predicted molar refractivity (Wildman–Crippen MR) is 84.3 cm³/mol. The van der Waals surface area contributed by atoms with Crippen molar-refractivity contribution in [2.45, 2.75) is 6.54 Å². The first-order chi connectivity index (χ1) is 9.86. The van der Waals surface area contributed by atoms with Crippen molar-refractivity contribution < 1.29 is 4.74 Å². The Morgan fingerprint density at radius 1 is 0.900 bits per heavy atom. The van der Waals surface area contributed by atoms with E-state index < -0.39 is 0 Å². The molecule has 3 aromatic carbocycles. The second kappa shape index (κ2) is 5.66. The number of hydrogen-bond acceptors (Lipinski definition) is 2. The van der Waals surface area contributed by atoms with E-state index in [-0.39, 0.29) is 0 Å². The van der Waals surface area contributed by atoms with Gasteiger partial charge in [0.05, 0.1) is 7.11 Å². The van der Waals surface area contributed by atoms with Crippen LogP contribution >= 0.6 is 0 Å². The Hall–Kier alpha value is -2.48. The minimum Gasteiger partial charge on any atom is -0.497 e. The van der Waals surface area contributed by atoms with Crippen molar-refractivity contribution in [2.24, 2.45) is 0 Å². The fourth-order valence-electron chi connectivity index (χ4n) is 2.38. The summed E-state index contributed by atoms with van der Waals surface area (Å²) in [5.74, 6) is 0.868. The van der Waals surface area contributed by atoms with E-state index in [1.807, 2.05) is 24.3 Å². The van der Waals surface area contributed by atoms with Crippen LogP contribution in [0.3, 0.4) is 0 Å². The van der Waals surface area contributed by atoms with Gasteiger partial charge in [-0.1, -0.05) is 48.5 Å². The third kappa shape index (κ3) is 2.59. The topological polar surface area (TPSA) is 21.3 Å². The van der Waals surface area contributed by atoms with Crippen LogP contribution in [0.5, 0.6) is 5.75 Å². The van der Waals surface area contributed by atoms with Gasteiger partial charge in [-0.3, -0.25) is 0 Å². The number of fused-ring (bicyclic) bond motifs is 1. The van der Waals surface area contributed by atoms with Crippen LogP contribution in [0.2, 0.25) is 0 Å². The van der Waals surface area contributed by atoms with Gasteiger partial charge in [0.1, 0.15) is 5.75 Å². The van der Waals surface area contributed by atoms with Gasteiger partial charge in [-0.2, -0.15) is 0 Å². The Labute approximate surface area is 119 Å². The molecule has 0 unspecified atom stereocenters. The van der Waals surface area contributed by atoms with Gasteiger partial charge in [0, 0.05) is 18.3 Å². The molecule has 0 saturated heterocycles. The molecule has 3 aromatic rings. The second-order valence-electron chi connectivity index (χ2n) is 4.72. The van der Waals surface area contributed by atoms with E-state index in [4.69, 9.17) is 4.74 Å². The number of rotatable bonds is 4. The lowest BCUT2D eigenvalue weighted by Crippen LogP contribution is -2.00. The maximum Gasteiger partial charge on any atom is 0.120 e. The lowest BCUT2D eigenvalue weighted by molar-refractivity contribution is 0.415. The first-order valence-corrected chi connectivity index (χ1v) is 6.71. The molecule has 2 nitrogen and oxygen atoms in total. The van der Waals surface area contributed by atoms with Crippen molar-refractivity contribution in [3.63, 3.8) is 0 Å².